The van der Waals surface area contributed by atoms with Crippen molar-refractivity contribution in [2.75, 3.05) is 13.7 Å². The molecule has 62 valence electrons. The molecule has 0 aliphatic carbocycles. The van der Waals surface area contributed by atoms with E-state index in [1.54, 1.807) is 7.11 Å². The number of hydrogen-bond donors (Lipinski definition) is 0. The van der Waals surface area contributed by atoms with E-state index in [1.165, 1.54) is 9.75 Å². The van der Waals surface area contributed by atoms with Gasteiger partial charge in [0.15, 0.2) is 0 Å². The minimum absolute atomic E-state index is 0.837. The molecule has 1 nitrogen and oxygen atoms in total. The van der Waals surface area contributed by atoms with Gasteiger partial charge in [0, 0.05) is 23.3 Å². The van der Waals surface area contributed by atoms with Gasteiger partial charge in [0.25, 0.3) is 0 Å². The van der Waals surface area contributed by atoms with Crippen LogP contribution in [0.5, 0.6) is 0 Å². The van der Waals surface area contributed by atoms with Crippen molar-refractivity contribution in [3.63, 3.8) is 0 Å². The van der Waals surface area contributed by atoms with Crippen LogP contribution >= 0.6 is 11.3 Å². The molecule has 0 saturated carbocycles. The van der Waals surface area contributed by atoms with Crippen LogP contribution in [-0.2, 0) is 17.6 Å². The van der Waals surface area contributed by atoms with E-state index in [0.29, 0.717) is 0 Å². The van der Waals surface area contributed by atoms with Gasteiger partial charge in [0.2, 0.25) is 0 Å². The Balaban J connectivity index is 2.44. The summed E-state index contributed by atoms with van der Waals surface area (Å²) in [4.78, 5) is 2.90. The summed E-state index contributed by atoms with van der Waals surface area (Å²) in [6.07, 6.45) is 2.21. The van der Waals surface area contributed by atoms with Gasteiger partial charge in [-0.05, 0) is 18.6 Å². The number of aryl methyl sites for hydroxylation is 1. The Hall–Kier alpha value is -0.340. The number of thiophene rings is 1. The maximum Gasteiger partial charge on any atom is 0.0510 e. The molecule has 11 heavy (non-hydrogen) atoms. The van der Waals surface area contributed by atoms with Crippen molar-refractivity contribution in [2.24, 2.45) is 0 Å². The maximum absolute atomic E-state index is 5.00. The van der Waals surface area contributed by atoms with Crippen molar-refractivity contribution in [1.29, 1.82) is 0 Å². The molecular formula is C9H14OS. The third-order valence-corrected chi connectivity index (χ3v) is 2.91. The van der Waals surface area contributed by atoms with Crippen LogP contribution in [0.1, 0.15) is 16.7 Å². The SMILES string of the molecule is CCc1ccc(CCOC)s1. The molecule has 0 radical (unpaired) electrons. The van der Waals surface area contributed by atoms with Crippen molar-refractivity contribution in [3.05, 3.63) is 21.9 Å². The molecule has 0 atom stereocenters. The highest BCUT2D eigenvalue weighted by Crippen LogP contribution is 2.16. The topological polar surface area (TPSA) is 9.23 Å². The first-order valence-corrected chi connectivity index (χ1v) is 4.75. The summed E-state index contributed by atoms with van der Waals surface area (Å²) in [7, 11) is 1.74. The third-order valence-electron chi connectivity index (χ3n) is 1.62. The molecule has 0 aromatic carbocycles. The second-order valence-corrected chi connectivity index (χ2v) is 3.72. The average molecular weight is 170 g/mol. The molecule has 0 bridgehead atoms. The quantitative estimate of drug-likeness (QED) is 0.674. The molecule has 1 rings (SSSR count). The highest BCUT2D eigenvalue weighted by atomic mass is 32.1. The van der Waals surface area contributed by atoms with Crippen LogP contribution in [0.3, 0.4) is 0 Å². The van der Waals surface area contributed by atoms with E-state index >= 15 is 0 Å². The van der Waals surface area contributed by atoms with Gasteiger partial charge in [-0.15, -0.1) is 11.3 Å². The average Bonchev–Trinajstić information content (AvgIpc) is 2.48. The van der Waals surface area contributed by atoms with Crippen LogP contribution in [0.15, 0.2) is 12.1 Å². The van der Waals surface area contributed by atoms with Crippen LogP contribution in [0, 0.1) is 0 Å². The minimum Gasteiger partial charge on any atom is -0.384 e. The lowest BCUT2D eigenvalue weighted by Gasteiger charge is -1.93. The van der Waals surface area contributed by atoms with Crippen molar-refractivity contribution >= 4 is 11.3 Å². The third kappa shape index (κ3) is 2.64. The van der Waals surface area contributed by atoms with Crippen molar-refractivity contribution in [1.82, 2.24) is 0 Å². The van der Waals surface area contributed by atoms with Gasteiger partial charge in [-0.3, -0.25) is 0 Å². The Labute approximate surface area is 72.0 Å². The Bertz CT molecular complexity index is 205. The van der Waals surface area contributed by atoms with E-state index in [4.69, 9.17) is 4.74 Å². The van der Waals surface area contributed by atoms with Gasteiger partial charge in [-0.25, -0.2) is 0 Å². The molecule has 0 fully saturated rings. The number of methoxy groups -OCH3 is 1. The van der Waals surface area contributed by atoms with Gasteiger partial charge in [-0.1, -0.05) is 6.92 Å². The van der Waals surface area contributed by atoms with Crippen LogP contribution in [-0.4, -0.2) is 13.7 Å². The normalized spacial score (nSPS) is 10.4. The van der Waals surface area contributed by atoms with Crippen LogP contribution in [0.25, 0.3) is 0 Å². The summed E-state index contributed by atoms with van der Waals surface area (Å²) in [6.45, 7) is 3.02. The minimum atomic E-state index is 0.837. The first-order valence-electron chi connectivity index (χ1n) is 3.93. The van der Waals surface area contributed by atoms with Crippen molar-refractivity contribution in [3.8, 4) is 0 Å². The fourth-order valence-electron chi connectivity index (χ4n) is 0.949. The maximum atomic E-state index is 5.00. The second-order valence-electron chi connectivity index (χ2n) is 2.46. The standard InChI is InChI=1S/C9H14OS/c1-3-8-4-5-9(11-8)6-7-10-2/h4-5H,3,6-7H2,1-2H3. The predicted octanol–water partition coefficient (Wildman–Crippen LogP) is 2.50. The van der Waals surface area contributed by atoms with E-state index < -0.39 is 0 Å². The Morgan fingerprint density at radius 3 is 2.64 bits per heavy atom. The van der Waals surface area contributed by atoms with E-state index in [0.717, 1.165) is 19.4 Å². The molecule has 0 aliphatic rings. The summed E-state index contributed by atoms with van der Waals surface area (Å²) >= 11 is 1.89. The largest absolute Gasteiger partial charge is 0.384 e. The fourth-order valence-corrected chi connectivity index (χ4v) is 1.89. The van der Waals surface area contributed by atoms with Gasteiger partial charge >= 0.3 is 0 Å². The molecule has 1 heterocycles. The zero-order valence-corrected chi connectivity index (χ0v) is 7.91. The Morgan fingerprint density at radius 2 is 2.09 bits per heavy atom. The Kier molecular flexibility index (Phi) is 3.60. The Morgan fingerprint density at radius 1 is 1.36 bits per heavy atom. The lowest BCUT2D eigenvalue weighted by atomic mass is 10.3. The number of rotatable bonds is 4. The molecule has 0 N–H and O–H groups in total. The summed E-state index contributed by atoms with van der Waals surface area (Å²) in [5.74, 6) is 0. The van der Waals surface area contributed by atoms with E-state index in [-0.39, 0.29) is 0 Å². The summed E-state index contributed by atoms with van der Waals surface area (Å²) in [6, 6.07) is 4.40. The smallest absolute Gasteiger partial charge is 0.0510 e. The first kappa shape index (κ1) is 8.75. The zero-order chi connectivity index (χ0) is 8.10. The van der Waals surface area contributed by atoms with Crippen molar-refractivity contribution < 1.29 is 4.74 Å². The summed E-state index contributed by atoms with van der Waals surface area (Å²) in [5.41, 5.74) is 0. The van der Waals surface area contributed by atoms with Gasteiger partial charge in [-0.2, -0.15) is 0 Å². The monoisotopic (exact) mass is 170 g/mol. The second kappa shape index (κ2) is 4.52. The lowest BCUT2D eigenvalue weighted by molar-refractivity contribution is 0.203. The molecule has 0 unspecified atom stereocenters. The van der Waals surface area contributed by atoms with Crippen LogP contribution in [0.2, 0.25) is 0 Å². The van der Waals surface area contributed by atoms with E-state index in [9.17, 15) is 0 Å². The molecule has 0 amide bonds. The predicted molar refractivity (Wildman–Crippen MR) is 49.3 cm³/mol. The van der Waals surface area contributed by atoms with Gasteiger partial charge < -0.3 is 4.74 Å². The number of hydrogen-bond acceptors (Lipinski definition) is 2. The van der Waals surface area contributed by atoms with Crippen molar-refractivity contribution in [2.45, 2.75) is 19.8 Å². The molecule has 0 aliphatic heterocycles. The molecule has 0 saturated heterocycles. The summed E-state index contributed by atoms with van der Waals surface area (Å²) < 4.78 is 5.00. The zero-order valence-electron chi connectivity index (χ0n) is 7.09. The molecule has 2 heteroatoms. The highest BCUT2D eigenvalue weighted by molar-refractivity contribution is 7.11. The van der Waals surface area contributed by atoms with Gasteiger partial charge in [0.1, 0.15) is 0 Å². The molecule has 1 aromatic rings. The number of ether oxygens (including phenoxy) is 1. The van der Waals surface area contributed by atoms with Crippen LogP contribution in [0.4, 0.5) is 0 Å². The lowest BCUT2D eigenvalue weighted by Crippen LogP contribution is -1.90. The van der Waals surface area contributed by atoms with Crippen LogP contribution < -0.4 is 0 Å². The first-order chi connectivity index (χ1) is 5.36. The van der Waals surface area contributed by atoms with E-state index in [1.807, 2.05) is 11.3 Å². The molecule has 0 spiro atoms. The molecular weight excluding hydrogens is 156 g/mol. The van der Waals surface area contributed by atoms with E-state index in [2.05, 4.69) is 19.1 Å². The fraction of sp³-hybridized carbons (Fsp3) is 0.556. The van der Waals surface area contributed by atoms with Gasteiger partial charge in [0.05, 0.1) is 6.61 Å². The highest BCUT2D eigenvalue weighted by Gasteiger charge is 1.96. The summed E-state index contributed by atoms with van der Waals surface area (Å²) in [5, 5.41) is 0. The molecule has 1 aromatic heterocycles.